The topological polar surface area (TPSA) is 55.6 Å². The molecule has 2 rings (SSSR count). The summed E-state index contributed by atoms with van der Waals surface area (Å²) in [6, 6.07) is 0.236. The molecular weight excluding hydrogens is 192 g/mol. The number of carbonyl (C=O) groups excluding carboxylic acids is 1. The minimum atomic E-state index is 0.176. The van der Waals surface area contributed by atoms with Crippen molar-refractivity contribution in [2.24, 2.45) is 11.7 Å². The molecule has 1 heterocycles. The first-order valence-electron chi connectivity index (χ1n) is 5.78. The third kappa shape index (κ3) is 2.32. The summed E-state index contributed by atoms with van der Waals surface area (Å²) in [5.74, 6) is 0.470. The second kappa shape index (κ2) is 4.49. The maximum Gasteiger partial charge on any atom is 0.225 e. The number of hydrogen-bond donors (Lipinski definition) is 1. The van der Waals surface area contributed by atoms with Crippen molar-refractivity contribution in [3.05, 3.63) is 0 Å². The highest BCUT2D eigenvalue weighted by atomic mass is 16.5. The zero-order valence-electron chi connectivity index (χ0n) is 9.32. The largest absolute Gasteiger partial charge is 0.380 e. The van der Waals surface area contributed by atoms with Crippen LogP contribution in [0.3, 0.4) is 0 Å². The van der Waals surface area contributed by atoms with E-state index in [0.29, 0.717) is 5.91 Å². The van der Waals surface area contributed by atoms with Gasteiger partial charge in [0.1, 0.15) is 0 Å². The summed E-state index contributed by atoms with van der Waals surface area (Å²) in [5.41, 5.74) is 5.82. The molecule has 1 amide bonds. The Bertz CT molecular complexity index is 245. The van der Waals surface area contributed by atoms with Crippen LogP contribution in [0.2, 0.25) is 0 Å². The third-order valence-electron chi connectivity index (χ3n) is 3.61. The van der Waals surface area contributed by atoms with Crippen molar-refractivity contribution in [3.8, 4) is 0 Å². The fraction of sp³-hybridized carbons (Fsp3) is 0.909. The van der Waals surface area contributed by atoms with Crippen LogP contribution in [0, 0.1) is 5.92 Å². The van der Waals surface area contributed by atoms with Crippen molar-refractivity contribution < 1.29 is 9.53 Å². The molecule has 0 aromatic rings. The molecule has 0 bridgehead atoms. The average molecular weight is 212 g/mol. The molecule has 1 saturated heterocycles. The zero-order valence-corrected chi connectivity index (χ0v) is 9.32. The lowest BCUT2D eigenvalue weighted by Gasteiger charge is -2.20. The van der Waals surface area contributed by atoms with E-state index in [0.717, 1.165) is 38.8 Å². The number of nitrogens with two attached hydrogens (primary N) is 1. The first-order chi connectivity index (χ1) is 7.20. The number of likely N-dealkylation sites (tertiary alicyclic amines) is 1. The van der Waals surface area contributed by atoms with Crippen LogP contribution in [-0.4, -0.2) is 43.2 Å². The summed E-state index contributed by atoms with van der Waals surface area (Å²) >= 11 is 0. The Kier molecular flexibility index (Phi) is 3.26. The van der Waals surface area contributed by atoms with E-state index in [1.165, 1.54) is 0 Å². The predicted molar refractivity (Wildman–Crippen MR) is 57.3 cm³/mol. The number of hydrogen-bond acceptors (Lipinski definition) is 3. The number of methoxy groups -OCH3 is 1. The first kappa shape index (κ1) is 10.9. The van der Waals surface area contributed by atoms with Gasteiger partial charge in [-0.05, 0) is 25.7 Å². The Labute approximate surface area is 90.8 Å². The molecule has 1 aliphatic carbocycles. The van der Waals surface area contributed by atoms with Crippen LogP contribution in [0.4, 0.5) is 0 Å². The van der Waals surface area contributed by atoms with Gasteiger partial charge >= 0.3 is 0 Å². The molecular formula is C11H20N2O2. The van der Waals surface area contributed by atoms with E-state index >= 15 is 0 Å². The van der Waals surface area contributed by atoms with Gasteiger partial charge in [0.25, 0.3) is 0 Å². The zero-order chi connectivity index (χ0) is 10.8. The molecule has 0 spiro atoms. The Balaban J connectivity index is 1.86. The lowest BCUT2D eigenvalue weighted by molar-refractivity contribution is -0.134. The minimum Gasteiger partial charge on any atom is -0.380 e. The van der Waals surface area contributed by atoms with Gasteiger partial charge in [0.05, 0.1) is 6.10 Å². The summed E-state index contributed by atoms with van der Waals surface area (Å²) in [6.07, 6.45) is 4.05. The van der Waals surface area contributed by atoms with Gasteiger partial charge in [-0.1, -0.05) is 0 Å². The van der Waals surface area contributed by atoms with Crippen molar-refractivity contribution in [3.63, 3.8) is 0 Å². The van der Waals surface area contributed by atoms with Crippen molar-refractivity contribution in [2.45, 2.75) is 37.8 Å². The molecule has 0 aromatic heterocycles. The van der Waals surface area contributed by atoms with E-state index in [1.807, 2.05) is 4.90 Å². The number of ether oxygens (including phenoxy) is 1. The van der Waals surface area contributed by atoms with Crippen molar-refractivity contribution in [1.82, 2.24) is 4.90 Å². The molecule has 1 saturated carbocycles. The van der Waals surface area contributed by atoms with Gasteiger partial charge in [-0.3, -0.25) is 4.79 Å². The van der Waals surface area contributed by atoms with Gasteiger partial charge in [-0.25, -0.2) is 0 Å². The summed E-state index contributed by atoms with van der Waals surface area (Å²) in [4.78, 5) is 14.0. The van der Waals surface area contributed by atoms with Gasteiger partial charge in [0.2, 0.25) is 5.91 Å². The molecule has 15 heavy (non-hydrogen) atoms. The van der Waals surface area contributed by atoms with Crippen LogP contribution in [0.25, 0.3) is 0 Å². The van der Waals surface area contributed by atoms with E-state index in [9.17, 15) is 4.79 Å². The number of amides is 1. The Morgan fingerprint density at radius 1 is 1.40 bits per heavy atom. The molecule has 86 valence electrons. The average Bonchev–Trinajstić information content (AvgIpc) is 2.84. The molecule has 2 fully saturated rings. The van der Waals surface area contributed by atoms with Gasteiger partial charge in [0.15, 0.2) is 0 Å². The Hall–Kier alpha value is -0.610. The van der Waals surface area contributed by atoms with Crippen LogP contribution >= 0.6 is 0 Å². The van der Waals surface area contributed by atoms with Gasteiger partial charge in [0, 0.05) is 32.2 Å². The van der Waals surface area contributed by atoms with Gasteiger partial charge in [-0.15, -0.1) is 0 Å². The van der Waals surface area contributed by atoms with Crippen LogP contribution in [0.1, 0.15) is 25.7 Å². The Morgan fingerprint density at radius 2 is 2.20 bits per heavy atom. The van der Waals surface area contributed by atoms with Crippen molar-refractivity contribution in [2.75, 3.05) is 20.2 Å². The predicted octanol–water partition coefficient (Wildman–Crippen LogP) is 0.361. The quantitative estimate of drug-likeness (QED) is 0.719. The Morgan fingerprint density at radius 3 is 2.73 bits per heavy atom. The number of rotatable bonds is 2. The molecule has 2 aliphatic rings. The second-order valence-electron chi connectivity index (χ2n) is 4.70. The van der Waals surface area contributed by atoms with Gasteiger partial charge in [-0.2, -0.15) is 0 Å². The second-order valence-corrected chi connectivity index (χ2v) is 4.70. The molecule has 4 heteroatoms. The van der Waals surface area contributed by atoms with E-state index in [4.69, 9.17) is 10.5 Å². The van der Waals surface area contributed by atoms with E-state index in [2.05, 4.69) is 0 Å². The lowest BCUT2D eigenvalue weighted by Crippen LogP contribution is -2.34. The van der Waals surface area contributed by atoms with Crippen LogP contribution in [0.15, 0.2) is 0 Å². The van der Waals surface area contributed by atoms with E-state index in [-0.39, 0.29) is 18.1 Å². The summed E-state index contributed by atoms with van der Waals surface area (Å²) in [6.45, 7) is 1.62. The molecule has 2 N–H and O–H groups in total. The van der Waals surface area contributed by atoms with Crippen molar-refractivity contribution >= 4 is 5.91 Å². The van der Waals surface area contributed by atoms with Crippen LogP contribution < -0.4 is 5.73 Å². The maximum atomic E-state index is 12.1. The molecule has 1 aliphatic heterocycles. The van der Waals surface area contributed by atoms with Gasteiger partial charge < -0.3 is 15.4 Å². The van der Waals surface area contributed by atoms with Crippen molar-refractivity contribution in [1.29, 1.82) is 0 Å². The summed E-state index contributed by atoms with van der Waals surface area (Å²) in [5, 5.41) is 0. The minimum absolute atomic E-state index is 0.176. The highest BCUT2D eigenvalue weighted by Gasteiger charge is 2.34. The third-order valence-corrected chi connectivity index (χ3v) is 3.61. The molecule has 0 radical (unpaired) electrons. The molecule has 3 unspecified atom stereocenters. The SMILES string of the molecule is COC1CCN(C(=O)C2CCC(N)C2)C1. The molecule has 3 atom stereocenters. The molecule has 4 nitrogen and oxygen atoms in total. The van der Waals surface area contributed by atoms with E-state index < -0.39 is 0 Å². The fourth-order valence-electron chi connectivity index (χ4n) is 2.62. The van der Waals surface area contributed by atoms with Crippen LogP contribution in [-0.2, 0) is 9.53 Å². The lowest BCUT2D eigenvalue weighted by atomic mass is 10.1. The number of carbonyl (C=O) groups is 1. The number of nitrogens with zero attached hydrogens (tertiary/aromatic N) is 1. The highest BCUT2D eigenvalue weighted by molar-refractivity contribution is 5.79. The maximum absolute atomic E-state index is 12.1. The standard InChI is InChI=1S/C11H20N2O2/c1-15-10-4-5-13(7-10)11(14)8-2-3-9(12)6-8/h8-10H,2-7,12H2,1H3. The monoisotopic (exact) mass is 212 g/mol. The fourth-order valence-corrected chi connectivity index (χ4v) is 2.62. The highest BCUT2D eigenvalue weighted by Crippen LogP contribution is 2.27. The van der Waals surface area contributed by atoms with Crippen LogP contribution in [0.5, 0.6) is 0 Å². The summed E-state index contributed by atoms with van der Waals surface area (Å²) < 4.78 is 5.26. The van der Waals surface area contributed by atoms with E-state index in [1.54, 1.807) is 7.11 Å². The first-order valence-corrected chi connectivity index (χ1v) is 5.78. The smallest absolute Gasteiger partial charge is 0.225 e. The summed E-state index contributed by atoms with van der Waals surface area (Å²) in [7, 11) is 1.71. The normalized spacial score (nSPS) is 36.1. The molecule has 0 aromatic carbocycles.